The topological polar surface area (TPSA) is 56.0 Å². The Balaban J connectivity index is 1.75. The maximum atomic E-state index is 13.3. The smallest absolute Gasteiger partial charge is 0.277 e. The quantitative estimate of drug-likeness (QED) is 0.465. The van der Waals surface area contributed by atoms with Gasteiger partial charge in [0.15, 0.2) is 17.4 Å². The molecule has 3 aromatic rings. The molecule has 0 spiro atoms. The summed E-state index contributed by atoms with van der Waals surface area (Å²) in [5.74, 6) is -2.02. The van der Waals surface area contributed by atoms with Crippen LogP contribution in [0.3, 0.4) is 0 Å². The SMILES string of the molecule is Cc1cc(C)cc(-c2nnc(S[C@H](C)C(=O)c3ccc(F)c(F)c3)o2)c1. The van der Waals surface area contributed by atoms with Crippen LogP contribution in [0, 0.1) is 25.5 Å². The summed E-state index contributed by atoms with van der Waals surface area (Å²) in [7, 11) is 0. The Morgan fingerprint density at radius 3 is 2.38 bits per heavy atom. The minimum atomic E-state index is -1.05. The molecule has 134 valence electrons. The highest BCUT2D eigenvalue weighted by Crippen LogP contribution is 2.28. The average Bonchev–Trinajstić information content (AvgIpc) is 3.04. The lowest BCUT2D eigenvalue weighted by atomic mass is 10.1. The predicted octanol–water partition coefficient (Wildman–Crippen LogP) is 5.00. The molecule has 0 bridgehead atoms. The molecule has 0 aliphatic rings. The van der Waals surface area contributed by atoms with Crippen molar-refractivity contribution in [2.75, 3.05) is 0 Å². The summed E-state index contributed by atoms with van der Waals surface area (Å²) in [5.41, 5.74) is 3.06. The van der Waals surface area contributed by atoms with Crippen LogP contribution in [0.2, 0.25) is 0 Å². The van der Waals surface area contributed by atoms with Gasteiger partial charge in [-0.25, -0.2) is 8.78 Å². The lowest BCUT2D eigenvalue weighted by Gasteiger charge is -2.07. The third-order valence-electron chi connectivity index (χ3n) is 3.73. The molecule has 0 saturated heterocycles. The first-order valence-electron chi connectivity index (χ1n) is 7.91. The number of nitrogens with zero attached hydrogens (tertiary/aromatic N) is 2. The molecule has 26 heavy (non-hydrogen) atoms. The van der Waals surface area contributed by atoms with E-state index in [0.29, 0.717) is 5.89 Å². The summed E-state index contributed by atoms with van der Waals surface area (Å²) < 4.78 is 32.0. The van der Waals surface area contributed by atoms with Gasteiger partial charge < -0.3 is 4.42 Å². The molecule has 1 atom stereocenters. The molecule has 0 fully saturated rings. The molecule has 0 aliphatic carbocycles. The summed E-state index contributed by atoms with van der Waals surface area (Å²) in [4.78, 5) is 12.4. The summed E-state index contributed by atoms with van der Waals surface area (Å²) in [6, 6.07) is 8.99. The van der Waals surface area contributed by atoms with Gasteiger partial charge in [0.2, 0.25) is 5.89 Å². The molecule has 7 heteroatoms. The van der Waals surface area contributed by atoms with Crippen molar-refractivity contribution in [1.29, 1.82) is 0 Å². The van der Waals surface area contributed by atoms with Gasteiger partial charge >= 0.3 is 0 Å². The van der Waals surface area contributed by atoms with Crippen LogP contribution in [-0.2, 0) is 0 Å². The molecule has 1 heterocycles. The number of aromatic nitrogens is 2. The zero-order valence-electron chi connectivity index (χ0n) is 14.4. The van der Waals surface area contributed by atoms with Crippen molar-refractivity contribution in [3.63, 3.8) is 0 Å². The average molecular weight is 374 g/mol. The number of thioether (sulfide) groups is 1. The van der Waals surface area contributed by atoms with Gasteiger partial charge in [-0.1, -0.05) is 29.0 Å². The summed E-state index contributed by atoms with van der Waals surface area (Å²) in [6.07, 6.45) is 0. The number of hydrogen-bond acceptors (Lipinski definition) is 5. The number of Topliss-reactive ketones (excluding diaryl/α,β-unsaturated/α-hetero) is 1. The van der Waals surface area contributed by atoms with E-state index in [9.17, 15) is 13.6 Å². The lowest BCUT2D eigenvalue weighted by Crippen LogP contribution is -2.14. The molecule has 4 nitrogen and oxygen atoms in total. The number of ketones is 1. The van der Waals surface area contributed by atoms with Gasteiger partial charge in [0, 0.05) is 11.1 Å². The second-order valence-electron chi connectivity index (χ2n) is 6.00. The Morgan fingerprint density at radius 2 is 1.73 bits per heavy atom. The van der Waals surface area contributed by atoms with Gasteiger partial charge in [0.05, 0.1) is 5.25 Å². The predicted molar refractivity (Wildman–Crippen MR) is 95.2 cm³/mol. The van der Waals surface area contributed by atoms with Crippen LogP contribution in [0.5, 0.6) is 0 Å². The second-order valence-corrected chi connectivity index (χ2v) is 7.29. The number of benzene rings is 2. The molecule has 3 rings (SSSR count). The number of rotatable bonds is 5. The minimum Gasteiger partial charge on any atom is -0.411 e. The van der Waals surface area contributed by atoms with E-state index in [2.05, 4.69) is 10.2 Å². The third kappa shape index (κ3) is 3.99. The van der Waals surface area contributed by atoms with E-state index in [0.717, 1.165) is 40.6 Å². The molecule has 2 aromatic carbocycles. The summed E-state index contributed by atoms with van der Waals surface area (Å²) >= 11 is 1.07. The number of carbonyl (C=O) groups is 1. The van der Waals surface area contributed by atoms with Crippen molar-refractivity contribution in [3.05, 3.63) is 64.7 Å². The fourth-order valence-electron chi connectivity index (χ4n) is 2.56. The Morgan fingerprint density at radius 1 is 1.04 bits per heavy atom. The van der Waals surface area contributed by atoms with E-state index in [1.165, 1.54) is 6.07 Å². The van der Waals surface area contributed by atoms with Gasteiger partial charge in [-0.3, -0.25) is 4.79 Å². The van der Waals surface area contributed by atoms with Crippen LogP contribution in [0.15, 0.2) is 46.0 Å². The maximum absolute atomic E-state index is 13.3. The van der Waals surface area contributed by atoms with Crippen molar-refractivity contribution in [2.24, 2.45) is 0 Å². The summed E-state index contributed by atoms with van der Waals surface area (Å²) in [6.45, 7) is 5.60. The molecule has 0 radical (unpaired) electrons. The van der Waals surface area contributed by atoms with E-state index in [1.807, 2.05) is 32.0 Å². The molecular weight excluding hydrogens is 358 g/mol. The first-order valence-corrected chi connectivity index (χ1v) is 8.79. The van der Waals surface area contributed by atoms with Crippen molar-refractivity contribution in [3.8, 4) is 11.5 Å². The molecule has 0 amide bonds. The van der Waals surface area contributed by atoms with Crippen molar-refractivity contribution in [1.82, 2.24) is 10.2 Å². The van der Waals surface area contributed by atoms with E-state index in [-0.39, 0.29) is 16.6 Å². The molecular formula is C19H16F2N2O2S. The second kappa shape index (κ2) is 7.37. The van der Waals surface area contributed by atoms with Crippen LogP contribution in [0.25, 0.3) is 11.5 Å². The van der Waals surface area contributed by atoms with Gasteiger partial charge in [-0.2, -0.15) is 0 Å². The minimum absolute atomic E-state index is 0.0953. The Labute approximate surface area is 153 Å². The van der Waals surface area contributed by atoms with Gasteiger partial charge in [0.1, 0.15) is 0 Å². The highest BCUT2D eigenvalue weighted by atomic mass is 32.2. The first-order chi connectivity index (χ1) is 12.3. The zero-order valence-corrected chi connectivity index (χ0v) is 15.2. The Kier molecular flexibility index (Phi) is 5.18. The zero-order chi connectivity index (χ0) is 18.8. The van der Waals surface area contributed by atoms with Crippen LogP contribution in [0.1, 0.15) is 28.4 Å². The van der Waals surface area contributed by atoms with E-state index < -0.39 is 16.9 Å². The van der Waals surface area contributed by atoms with E-state index in [1.54, 1.807) is 6.92 Å². The van der Waals surface area contributed by atoms with Gasteiger partial charge in [-0.05, 0) is 51.1 Å². The highest BCUT2D eigenvalue weighted by Gasteiger charge is 2.21. The fraction of sp³-hybridized carbons (Fsp3) is 0.211. The molecule has 0 N–H and O–H groups in total. The van der Waals surface area contributed by atoms with Gasteiger partial charge in [0.25, 0.3) is 5.22 Å². The normalized spacial score (nSPS) is 12.2. The largest absolute Gasteiger partial charge is 0.411 e. The first kappa shape index (κ1) is 18.3. The van der Waals surface area contributed by atoms with Crippen LogP contribution in [0.4, 0.5) is 8.78 Å². The van der Waals surface area contributed by atoms with Crippen LogP contribution >= 0.6 is 11.8 Å². The van der Waals surface area contributed by atoms with Crippen molar-refractivity contribution in [2.45, 2.75) is 31.2 Å². The maximum Gasteiger partial charge on any atom is 0.277 e. The highest BCUT2D eigenvalue weighted by molar-refractivity contribution is 8.00. The summed E-state index contributed by atoms with van der Waals surface area (Å²) in [5, 5.41) is 7.63. The number of aryl methyl sites for hydroxylation is 2. The monoisotopic (exact) mass is 374 g/mol. The van der Waals surface area contributed by atoms with Gasteiger partial charge in [-0.15, -0.1) is 10.2 Å². The Bertz CT molecular complexity index is 952. The molecule has 0 unspecified atom stereocenters. The van der Waals surface area contributed by atoms with Crippen LogP contribution in [-0.4, -0.2) is 21.2 Å². The van der Waals surface area contributed by atoms with Crippen LogP contribution < -0.4 is 0 Å². The number of hydrogen-bond donors (Lipinski definition) is 0. The van der Waals surface area contributed by atoms with Crippen molar-refractivity contribution < 1.29 is 18.0 Å². The van der Waals surface area contributed by atoms with E-state index >= 15 is 0 Å². The number of carbonyl (C=O) groups excluding carboxylic acids is 1. The Hall–Kier alpha value is -2.54. The molecule has 0 aliphatic heterocycles. The van der Waals surface area contributed by atoms with E-state index in [4.69, 9.17) is 4.42 Å². The number of halogens is 2. The standard InChI is InChI=1S/C19H16F2N2O2S/c1-10-6-11(2)8-14(7-10)18-22-23-19(25-18)26-12(3)17(24)13-4-5-15(20)16(21)9-13/h4-9,12H,1-3H3/t12-/m1/s1. The fourth-order valence-corrected chi connectivity index (χ4v) is 3.32. The third-order valence-corrected chi connectivity index (χ3v) is 4.66. The molecule has 1 aromatic heterocycles. The van der Waals surface area contributed by atoms with Crippen molar-refractivity contribution >= 4 is 17.5 Å². The lowest BCUT2D eigenvalue weighted by molar-refractivity contribution is 0.0993. The molecule has 0 saturated carbocycles.